The molecule has 0 fully saturated rings. The zero-order valence-corrected chi connectivity index (χ0v) is 7.56. The van der Waals surface area contributed by atoms with Crippen molar-refractivity contribution in [2.75, 3.05) is 6.61 Å². The van der Waals surface area contributed by atoms with Gasteiger partial charge in [-0.3, -0.25) is 9.09 Å². The van der Waals surface area contributed by atoms with Gasteiger partial charge in [-0.1, -0.05) is 0 Å². The van der Waals surface area contributed by atoms with E-state index >= 15 is 0 Å². The molecule has 0 unspecified atom stereocenters. The molecule has 0 atom stereocenters. The van der Waals surface area contributed by atoms with Crippen molar-refractivity contribution in [3.63, 3.8) is 0 Å². The predicted molar refractivity (Wildman–Crippen MR) is 44.3 cm³/mol. The van der Waals surface area contributed by atoms with Gasteiger partial charge >= 0.3 is 45.6 Å². The topological polar surface area (TPSA) is 124 Å². The summed E-state index contributed by atoms with van der Waals surface area (Å²) in [5.41, 5.74) is 0. The maximum atomic E-state index is 9.70. The van der Waals surface area contributed by atoms with Crippen LogP contribution in [-0.4, -0.2) is 55.7 Å². The summed E-state index contributed by atoms with van der Waals surface area (Å²) in [5, 5.41) is 0. The van der Waals surface area contributed by atoms with Crippen LogP contribution in [0.25, 0.3) is 0 Å². The van der Waals surface area contributed by atoms with Crippen molar-refractivity contribution in [3.8, 4) is 0 Å². The molecule has 0 saturated carbocycles. The fraction of sp³-hybridized carbons (Fsp3) is 1.00. The fourth-order valence-electron chi connectivity index (χ4n) is 0.168. The van der Waals surface area contributed by atoms with Crippen molar-refractivity contribution in [2.45, 2.75) is 6.92 Å². The number of hydrogen-bond donors (Lipinski definition) is 4. The monoisotopic (exact) mass is 232 g/mol. The Bertz CT molecular complexity index is 149. The number of phosphoric acid groups is 1. The van der Waals surface area contributed by atoms with Gasteiger partial charge in [0.15, 0.2) is 0 Å². The van der Waals surface area contributed by atoms with Crippen LogP contribution in [0, 0.1) is 0 Å². The summed E-state index contributed by atoms with van der Waals surface area (Å²) in [6.07, 6.45) is 0. The number of hydrogen-bond acceptors (Lipinski definition) is 3. The molecule has 72 valence electrons. The molecule has 0 aliphatic carbocycles. The Morgan fingerprint density at radius 2 is 1.67 bits per heavy atom. The molecule has 0 aliphatic heterocycles. The fourth-order valence-corrected chi connectivity index (χ4v) is 0.505. The van der Waals surface area contributed by atoms with Crippen LogP contribution in [0.3, 0.4) is 0 Å². The molecule has 0 aromatic carbocycles. The first kappa shape index (κ1) is 18.9. The molecule has 7 nitrogen and oxygen atoms in total. The molecule has 10 heteroatoms. The Hall–Kier alpha value is 1.26. The van der Waals surface area contributed by atoms with E-state index in [0.29, 0.717) is 0 Å². The molecule has 0 aromatic heterocycles. The molecule has 0 radical (unpaired) electrons. The van der Waals surface area contributed by atoms with E-state index < -0.39 is 16.1 Å². The van der Waals surface area contributed by atoms with E-state index in [1.165, 1.54) is 6.92 Å². The molecule has 0 spiro atoms. The van der Waals surface area contributed by atoms with Crippen LogP contribution < -0.4 is 0 Å². The Kier molecular flexibility index (Phi) is 16.3. The number of phosphoric ester groups is 1. The Balaban J connectivity index is -0.000000142. The Morgan fingerprint density at radius 1 is 1.42 bits per heavy atom. The van der Waals surface area contributed by atoms with E-state index in [9.17, 15) is 4.57 Å². The summed E-state index contributed by atoms with van der Waals surface area (Å²) < 4.78 is 22.3. The summed E-state index contributed by atoms with van der Waals surface area (Å²) in [4.78, 5) is 30.1. The van der Waals surface area contributed by atoms with Crippen LogP contribution in [0.4, 0.5) is 0 Å². The van der Waals surface area contributed by atoms with Crippen molar-refractivity contribution < 1.29 is 33.2 Å². The van der Waals surface area contributed by atoms with E-state index in [-0.39, 0.29) is 36.2 Å². The second-order valence-electron chi connectivity index (χ2n) is 1.19. The van der Waals surface area contributed by atoms with Crippen LogP contribution in [0.1, 0.15) is 6.92 Å². The Labute approximate surface area is 92.2 Å². The normalized spacial score (nSPS) is 9.83. The molecular weight excluding hydrogens is 221 g/mol. The van der Waals surface area contributed by atoms with Gasteiger partial charge in [-0.25, -0.2) is 4.57 Å². The summed E-state index contributed by atoms with van der Waals surface area (Å²) in [7, 11) is -7.30. The average Bonchev–Trinajstić information content (AvgIpc) is 1.58. The van der Waals surface area contributed by atoms with E-state index in [0.717, 1.165) is 0 Å². The molecule has 4 N–H and O–H groups in total. The second kappa shape index (κ2) is 10.3. The van der Waals surface area contributed by atoms with Crippen LogP contribution in [0.5, 0.6) is 0 Å². The third-order valence-corrected chi connectivity index (χ3v) is 0.892. The summed E-state index contributed by atoms with van der Waals surface area (Å²) in [5.74, 6) is 0. The van der Waals surface area contributed by atoms with E-state index in [1.54, 1.807) is 0 Å². The summed E-state index contributed by atoms with van der Waals surface area (Å²) in [6.45, 7) is 1.56. The van der Waals surface area contributed by atoms with Gasteiger partial charge in [-0.15, -0.1) is 0 Å². The minimum absolute atomic E-state index is 0. The van der Waals surface area contributed by atoms with Gasteiger partial charge in [0.2, 0.25) is 0 Å². The molecule has 0 rings (SSSR count). The maximum absolute atomic E-state index is 9.70. The van der Waals surface area contributed by atoms with Crippen LogP contribution in [-0.2, 0) is 13.7 Å². The van der Waals surface area contributed by atoms with Gasteiger partial charge in [-0.05, 0) is 6.92 Å². The van der Waals surface area contributed by atoms with Gasteiger partial charge in [0.25, 0.3) is 0 Å². The zero-order chi connectivity index (χ0) is 9.49. The molecule has 0 aliphatic rings. The Morgan fingerprint density at radius 3 is 1.67 bits per heavy atom. The van der Waals surface area contributed by atoms with Gasteiger partial charge < -0.3 is 19.6 Å². The van der Waals surface area contributed by atoms with Gasteiger partial charge in [0.1, 0.15) is 0 Å². The van der Waals surface area contributed by atoms with E-state index in [4.69, 9.17) is 24.1 Å². The third-order valence-electron chi connectivity index (χ3n) is 0.297. The van der Waals surface area contributed by atoms with Crippen LogP contribution in [0.2, 0.25) is 0 Å². The first-order valence-electron chi connectivity index (χ1n) is 2.41. The van der Waals surface area contributed by atoms with Crippen LogP contribution in [0.15, 0.2) is 0 Å². The first-order chi connectivity index (χ1) is 4.79. The van der Waals surface area contributed by atoms with E-state index in [1.807, 2.05) is 0 Å². The van der Waals surface area contributed by atoms with Crippen molar-refractivity contribution in [2.24, 2.45) is 0 Å². The predicted octanol–water partition coefficient (Wildman–Crippen LogP) is -1.17. The molecule has 0 amide bonds. The zero-order valence-electron chi connectivity index (χ0n) is 5.67. The molecule has 0 bridgehead atoms. The van der Waals surface area contributed by atoms with Gasteiger partial charge in [-0.2, -0.15) is 0 Å². The molecular formula is C2H11NaO7P2. The first-order valence-corrected chi connectivity index (χ1v) is 5.25. The molecule has 0 saturated heterocycles. The average molecular weight is 232 g/mol. The molecule has 12 heavy (non-hydrogen) atoms. The summed E-state index contributed by atoms with van der Waals surface area (Å²) in [6, 6.07) is 0. The van der Waals surface area contributed by atoms with Crippen molar-refractivity contribution in [1.29, 1.82) is 0 Å². The SMILES string of the molecule is CCOP(=O)(O)O.O=[PH](O)O.[NaH]. The summed E-state index contributed by atoms with van der Waals surface area (Å²) >= 11 is 0. The molecule has 0 heterocycles. The molecule has 0 aromatic rings. The van der Waals surface area contributed by atoms with Crippen molar-refractivity contribution in [3.05, 3.63) is 0 Å². The third kappa shape index (κ3) is 42.8. The van der Waals surface area contributed by atoms with Crippen molar-refractivity contribution in [1.82, 2.24) is 0 Å². The quantitative estimate of drug-likeness (QED) is 0.349. The number of rotatable bonds is 2. The minimum atomic E-state index is -4.17. The van der Waals surface area contributed by atoms with Crippen LogP contribution >= 0.6 is 16.1 Å². The van der Waals surface area contributed by atoms with Crippen molar-refractivity contribution >= 4 is 45.6 Å². The van der Waals surface area contributed by atoms with E-state index in [2.05, 4.69) is 4.52 Å². The standard InChI is InChI=1S/C2H7O4P.Na.H3O3P.H/c1-2-6-7(3,4)5;;1-4(2)3;/h2H2,1H3,(H2,3,4,5);;4H,(H2,1,2,3);. The van der Waals surface area contributed by atoms with Gasteiger partial charge in [0.05, 0.1) is 6.61 Å². The second-order valence-corrected chi connectivity index (χ2v) is 3.00. The van der Waals surface area contributed by atoms with Gasteiger partial charge in [0, 0.05) is 0 Å².